The average Bonchev–Trinajstić information content (AvgIpc) is 2.37. The van der Waals surface area contributed by atoms with Gasteiger partial charge in [0.2, 0.25) is 5.91 Å². The summed E-state index contributed by atoms with van der Waals surface area (Å²) in [7, 11) is 0. The number of rotatable bonds is 7. The van der Waals surface area contributed by atoms with Crippen LogP contribution in [0.4, 0.5) is 0 Å². The Bertz CT molecular complexity index is 511. The van der Waals surface area contributed by atoms with E-state index in [1.165, 1.54) is 0 Å². The lowest BCUT2D eigenvalue weighted by molar-refractivity contribution is -0.143. The van der Waals surface area contributed by atoms with Crippen molar-refractivity contribution in [3.63, 3.8) is 0 Å². The lowest BCUT2D eigenvalue weighted by Crippen LogP contribution is -2.44. The van der Waals surface area contributed by atoms with E-state index in [0.29, 0.717) is 0 Å². The van der Waals surface area contributed by atoms with Gasteiger partial charge >= 0.3 is 5.97 Å². The first-order valence-electron chi connectivity index (χ1n) is 7.03. The predicted octanol–water partition coefficient (Wildman–Crippen LogP) is 2.30. The third-order valence-electron chi connectivity index (χ3n) is 3.17. The lowest BCUT2D eigenvalue weighted by atomic mass is 10.0. The van der Waals surface area contributed by atoms with E-state index < -0.39 is 12.0 Å². The van der Waals surface area contributed by atoms with Crippen LogP contribution < -0.4 is 10.1 Å². The standard InChI is InChI=1S/C16H23NO4/c1-10(2)15(16(19)20)17-14(18)7-8-21-13-6-5-11(3)9-12(13)4/h5-6,9-10,15H,7-8H2,1-4H3,(H,17,18)(H,19,20)/t15-/m1/s1. The van der Waals surface area contributed by atoms with E-state index in [0.717, 1.165) is 16.9 Å². The minimum Gasteiger partial charge on any atom is -0.493 e. The van der Waals surface area contributed by atoms with Crippen molar-refractivity contribution in [1.82, 2.24) is 5.32 Å². The molecule has 0 saturated carbocycles. The number of benzene rings is 1. The topological polar surface area (TPSA) is 75.6 Å². The van der Waals surface area contributed by atoms with Crippen LogP contribution in [0.2, 0.25) is 0 Å². The lowest BCUT2D eigenvalue weighted by Gasteiger charge is -2.18. The van der Waals surface area contributed by atoms with Crippen molar-refractivity contribution >= 4 is 11.9 Å². The van der Waals surface area contributed by atoms with Gasteiger partial charge in [-0.05, 0) is 31.4 Å². The monoisotopic (exact) mass is 293 g/mol. The molecule has 0 unspecified atom stereocenters. The van der Waals surface area contributed by atoms with E-state index in [1.807, 2.05) is 32.0 Å². The number of nitrogens with one attached hydrogen (secondary N) is 1. The van der Waals surface area contributed by atoms with Crippen LogP contribution in [0.5, 0.6) is 5.75 Å². The zero-order chi connectivity index (χ0) is 16.0. The number of aliphatic carboxylic acids is 1. The number of carboxylic acid groups (broad SMARTS) is 1. The fourth-order valence-corrected chi connectivity index (χ4v) is 1.97. The number of hydrogen-bond donors (Lipinski definition) is 2. The maximum Gasteiger partial charge on any atom is 0.326 e. The number of ether oxygens (including phenoxy) is 1. The SMILES string of the molecule is Cc1ccc(OCCC(=O)N[C@@H](C(=O)O)C(C)C)c(C)c1. The first kappa shape index (κ1) is 17.0. The van der Waals surface area contributed by atoms with Gasteiger partial charge in [-0.3, -0.25) is 4.79 Å². The van der Waals surface area contributed by atoms with Gasteiger partial charge in [-0.2, -0.15) is 0 Å². The van der Waals surface area contributed by atoms with Crippen molar-refractivity contribution in [2.24, 2.45) is 5.92 Å². The van der Waals surface area contributed by atoms with Crippen LogP contribution in [-0.4, -0.2) is 29.6 Å². The molecule has 1 aromatic rings. The summed E-state index contributed by atoms with van der Waals surface area (Å²) in [5, 5.41) is 11.5. The van der Waals surface area contributed by atoms with Gasteiger partial charge in [0, 0.05) is 0 Å². The molecule has 1 rings (SSSR count). The highest BCUT2D eigenvalue weighted by Crippen LogP contribution is 2.18. The molecule has 1 amide bonds. The molecule has 21 heavy (non-hydrogen) atoms. The Hall–Kier alpha value is -2.04. The first-order chi connectivity index (χ1) is 9.81. The van der Waals surface area contributed by atoms with Gasteiger partial charge in [0.1, 0.15) is 11.8 Å². The van der Waals surface area contributed by atoms with Gasteiger partial charge in [-0.1, -0.05) is 31.5 Å². The van der Waals surface area contributed by atoms with Crippen LogP contribution in [0, 0.1) is 19.8 Å². The Kier molecular flexibility index (Phi) is 6.21. The molecule has 5 heteroatoms. The molecule has 0 aromatic heterocycles. The molecule has 116 valence electrons. The molecule has 0 aliphatic heterocycles. The summed E-state index contributed by atoms with van der Waals surface area (Å²) in [6.07, 6.45) is 0.129. The minimum absolute atomic E-state index is 0.129. The van der Waals surface area contributed by atoms with Crippen LogP contribution in [0.3, 0.4) is 0 Å². The molecule has 5 nitrogen and oxygen atoms in total. The molecule has 1 atom stereocenters. The van der Waals surface area contributed by atoms with Gasteiger partial charge in [0.25, 0.3) is 0 Å². The molecule has 1 aromatic carbocycles. The third-order valence-corrected chi connectivity index (χ3v) is 3.17. The number of carbonyl (C=O) groups is 2. The van der Waals surface area contributed by atoms with E-state index >= 15 is 0 Å². The zero-order valence-corrected chi connectivity index (χ0v) is 13.0. The molecule has 0 bridgehead atoms. The van der Waals surface area contributed by atoms with E-state index in [-0.39, 0.29) is 24.9 Å². The van der Waals surface area contributed by atoms with Crippen LogP contribution in [0.15, 0.2) is 18.2 Å². The fourth-order valence-electron chi connectivity index (χ4n) is 1.97. The summed E-state index contributed by atoms with van der Waals surface area (Å²) in [5.41, 5.74) is 2.17. The summed E-state index contributed by atoms with van der Waals surface area (Å²) in [6.45, 7) is 7.68. The smallest absolute Gasteiger partial charge is 0.326 e. The van der Waals surface area contributed by atoms with Crippen molar-refractivity contribution in [2.75, 3.05) is 6.61 Å². The number of hydrogen-bond acceptors (Lipinski definition) is 3. The van der Waals surface area contributed by atoms with E-state index in [2.05, 4.69) is 5.32 Å². The Balaban J connectivity index is 2.44. The fraction of sp³-hybridized carbons (Fsp3) is 0.500. The minimum atomic E-state index is -1.02. The van der Waals surface area contributed by atoms with Crippen molar-refractivity contribution in [3.05, 3.63) is 29.3 Å². The maximum absolute atomic E-state index is 11.7. The molecule has 0 saturated heterocycles. The van der Waals surface area contributed by atoms with Crippen molar-refractivity contribution in [1.29, 1.82) is 0 Å². The van der Waals surface area contributed by atoms with E-state index in [9.17, 15) is 9.59 Å². The highest BCUT2D eigenvalue weighted by Gasteiger charge is 2.23. The number of aryl methyl sites for hydroxylation is 2. The second-order valence-electron chi connectivity index (χ2n) is 5.49. The summed E-state index contributed by atoms with van der Waals surface area (Å²) < 4.78 is 5.56. The highest BCUT2D eigenvalue weighted by atomic mass is 16.5. The summed E-state index contributed by atoms with van der Waals surface area (Å²) in [4.78, 5) is 22.7. The van der Waals surface area contributed by atoms with Gasteiger partial charge in [0.15, 0.2) is 0 Å². The summed E-state index contributed by atoms with van der Waals surface area (Å²) in [5.74, 6) is -0.756. The predicted molar refractivity (Wildman–Crippen MR) is 80.4 cm³/mol. The van der Waals surface area contributed by atoms with Crippen LogP contribution in [0.25, 0.3) is 0 Å². The normalized spacial score (nSPS) is 12.0. The van der Waals surface area contributed by atoms with Crippen LogP contribution in [0.1, 0.15) is 31.4 Å². The Morgan fingerprint density at radius 1 is 1.29 bits per heavy atom. The molecule has 0 heterocycles. The third kappa shape index (κ3) is 5.45. The number of carbonyl (C=O) groups excluding carboxylic acids is 1. The van der Waals surface area contributed by atoms with Gasteiger partial charge in [-0.25, -0.2) is 4.79 Å². The Labute approximate surface area is 125 Å². The van der Waals surface area contributed by atoms with Crippen molar-refractivity contribution < 1.29 is 19.4 Å². The van der Waals surface area contributed by atoms with Gasteiger partial charge < -0.3 is 15.2 Å². The van der Waals surface area contributed by atoms with Gasteiger partial charge in [0.05, 0.1) is 13.0 Å². The van der Waals surface area contributed by atoms with Crippen molar-refractivity contribution in [2.45, 2.75) is 40.2 Å². The molecule has 0 radical (unpaired) electrons. The first-order valence-corrected chi connectivity index (χ1v) is 7.03. The second kappa shape index (κ2) is 7.67. The molecule has 0 aliphatic rings. The number of amides is 1. The van der Waals surface area contributed by atoms with Crippen molar-refractivity contribution in [3.8, 4) is 5.75 Å². The zero-order valence-electron chi connectivity index (χ0n) is 13.0. The number of carboxylic acids is 1. The van der Waals surface area contributed by atoms with Crippen LogP contribution >= 0.6 is 0 Å². The summed E-state index contributed by atoms with van der Waals surface area (Å²) in [6, 6.07) is 4.96. The molecule has 0 spiro atoms. The van der Waals surface area contributed by atoms with Gasteiger partial charge in [-0.15, -0.1) is 0 Å². The van der Waals surface area contributed by atoms with E-state index in [4.69, 9.17) is 9.84 Å². The molecule has 0 aliphatic carbocycles. The second-order valence-corrected chi connectivity index (χ2v) is 5.49. The Morgan fingerprint density at radius 3 is 2.48 bits per heavy atom. The van der Waals surface area contributed by atoms with E-state index in [1.54, 1.807) is 13.8 Å². The van der Waals surface area contributed by atoms with Crippen LogP contribution in [-0.2, 0) is 9.59 Å². The summed E-state index contributed by atoms with van der Waals surface area (Å²) >= 11 is 0. The molecule has 0 fully saturated rings. The maximum atomic E-state index is 11.7. The highest BCUT2D eigenvalue weighted by molar-refractivity contribution is 5.83. The Morgan fingerprint density at radius 2 is 1.95 bits per heavy atom. The molecular formula is C16H23NO4. The average molecular weight is 293 g/mol. The molecule has 2 N–H and O–H groups in total. The largest absolute Gasteiger partial charge is 0.493 e. The molecular weight excluding hydrogens is 270 g/mol. The quantitative estimate of drug-likeness (QED) is 0.809.